The van der Waals surface area contributed by atoms with Gasteiger partial charge in [0.2, 0.25) is 5.88 Å². The third-order valence-corrected chi connectivity index (χ3v) is 3.82. The summed E-state index contributed by atoms with van der Waals surface area (Å²) in [5.74, 6) is 0.722. The first kappa shape index (κ1) is 20.8. The van der Waals surface area contributed by atoms with Crippen molar-refractivity contribution in [3.63, 3.8) is 0 Å². The van der Waals surface area contributed by atoms with Crippen LogP contribution in [0.5, 0.6) is 5.88 Å². The lowest BCUT2D eigenvalue weighted by molar-refractivity contribution is 0.0283. The highest BCUT2D eigenvalue weighted by molar-refractivity contribution is 5.67. The van der Waals surface area contributed by atoms with Gasteiger partial charge in [0.05, 0.1) is 25.4 Å². The molecule has 1 heterocycles. The lowest BCUT2D eigenvalue weighted by Crippen LogP contribution is -2.33. The highest BCUT2D eigenvalue weighted by Gasteiger charge is 2.21. The van der Waals surface area contributed by atoms with Crippen molar-refractivity contribution >= 4 is 6.09 Å². The summed E-state index contributed by atoms with van der Waals surface area (Å²) < 4.78 is 13.2. The fourth-order valence-electron chi connectivity index (χ4n) is 2.48. The Labute approximate surface area is 162 Å². The molecule has 0 spiro atoms. The molecule has 0 aliphatic carbocycles. The van der Waals surface area contributed by atoms with Crippen LogP contribution in [0.15, 0.2) is 36.4 Å². The van der Waals surface area contributed by atoms with E-state index in [0.29, 0.717) is 19.7 Å². The van der Waals surface area contributed by atoms with Crippen molar-refractivity contribution in [3.8, 4) is 5.88 Å². The van der Waals surface area contributed by atoms with Gasteiger partial charge in [0.1, 0.15) is 5.60 Å². The number of rotatable bonds is 8. The molecule has 27 heavy (non-hydrogen) atoms. The molecule has 1 aromatic heterocycles. The van der Waals surface area contributed by atoms with Crippen molar-refractivity contribution in [3.05, 3.63) is 47.7 Å². The Morgan fingerprint density at radius 3 is 2.56 bits per heavy atom. The highest BCUT2D eigenvalue weighted by atomic mass is 16.6. The standard InChI is InChI=1S/C21H31N3O3/c1-6-7-13-26-19-14-18(16-23(5)20(25)27-21(2,3)4)22-24(19)15-17-11-9-8-10-12-17/h8-12,14H,6-7,13,15-16H2,1-5H3. The lowest BCUT2D eigenvalue weighted by atomic mass is 10.2. The molecule has 0 aliphatic heterocycles. The molecule has 0 aliphatic rings. The summed E-state index contributed by atoms with van der Waals surface area (Å²) in [7, 11) is 1.71. The predicted molar refractivity (Wildman–Crippen MR) is 106 cm³/mol. The van der Waals surface area contributed by atoms with Gasteiger partial charge in [-0.15, -0.1) is 0 Å². The number of carbonyl (C=O) groups is 1. The van der Waals surface area contributed by atoms with Crippen LogP contribution in [0.3, 0.4) is 0 Å². The molecule has 2 aromatic rings. The molecular formula is C21H31N3O3. The van der Waals surface area contributed by atoms with Crippen LogP contribution in [-0.2, 0) is 17.8 Å². The van der Waals surface area contributed by atoms with E-state index in [-0.39, 0.29) is 6.09 Å². The van der Waals surface area contributed by atoms with Crippen LogP contribution in [0.2, 0.25) is 0 Å². The first-order valence-electron chi connectivity index (χ1n) is 9.46. The number of hydrogen-bond acceptors (Lipinski definition) is 4. The Balaban J connectivity index is 2.11. The monoisotopic (exact) mass is 373 g/mol. The molecule has 0 fully saturated rings. The summed E-state index contributed by atoms with van der Waals surface area (Å²) in [6.07, 6.45) is 1.69. The third kappa shape index (κ3) is 6.96. The van der Waals surface area contributed by atoms with Crippen molar-refractivity contribution < 1.29 is 14.3 Å². The number of aromatic nitrogens is 2. The second-order valence-electron chi connectivity index (χ2n) is 7.66. The maximum absolute atomic E-state index is 12.2. The number of nitrogens with zero attached hydrogens (tertiary/aromatic N) is 3. The number of ether oxygens (including phenoxy) is 2. The summed E-state index contributed by atoms with van der Waals surface area (Å²) in [5, 5.41) is 4.65. The molecule has 0 N–H and O–H groups in total. The quantitative estimate of drug-likeness (QED) is 0.640. The molecule has 0 atom stereocenters. The number of hydrogen-bond donors (Lipinski definition) is 0. The van der Waals surface area contributed by atoms with E-state index in [1.54, 1.807) is 7.05 Å². The first-order chi connectivity index (χ1) is 12.8. The summed E-state index contributed by atoms with van der Waals surface area (Å²) in [6, 6.07) is 12.0. The molecular weight excluding hydrogens is 342 g/mol. The molecule has 148 valence electrons. The van der Waals surface area contributed by atoms with Crippen molar-refractivity contribution in [1.29, 1.82) is 0 Å². The van der Waals surface area contributed by atoms with Crippen LogP contribution >= 0.6 is 0 Å². The fraction of sp³-hybridized carbons (Fsp3) is 0.524. The summed E-state index contributed by atoms with van der Waals surface area (Å²) in [6.45, 7) is 9.33. The van der Waals surface area contributed by atoms with Crippen molar-refractivity contribution in [2.24, 2.45) is 0 Å². The van der Waals surface area contributed by atoms with E-state index in [2.05, 4.69) is 24.2 Å². The van der Waals surface area contributed by atoms with E-state index < -0.39 is 5.60 Å². The normalized spacial score (nSPS) is 11.3. The van der Waals surface area contributed by atoms with Crippen molar-refractivity contribution in [2.75, 3.05) is 13.7 Å². The third-order valence-electron chi connectivity index (χ3n) is 3.82. The molecule has 0 saturated carbocycles. The molecule has 6 nitrogen and oxygen atoms in total. The maximum Gasteiger partial charge on any atom is 0.410 e. The summed E-state index contributed by atoms with van der Waals surface area (Å²) >= 11 is 0. The zero-order valence-electron chi connectivity index (χ0n) is 17.1. The van der Waals surface area contributed by atoms with Crippen LogP contribution in [0.25, 0.3) is 0 Å². The van der Waals surface area contributed by atoms with Gasteiger partial charge in [-0.25, -0.2) is 9.48 Å². The molecule has 1 aromatic carbocycles. The molecule has 0 saturated heterocycles. The number of benzene rings is 1. The molecule has 2 rings (SSSR count). The summed E-state index contributed by atoms with van der Waals surface area (Å²) in [4.78, 5) is 13.7. The minimum atomic E-state index is -0.521. The summed E-state index contributed by atoms with van der Waals surface area (Å²) in [5.41, 5.74) is 1.39. The van der Waals surface area contributed by atoms with Crippen LogP contribution in [-0.4, -0.2) is 40.0 Å². The lowest BCUT2D eigenvalue weighted by Gasteiger charge is -2.24. The molecule has 0 radical (unpaired) electrons. The molecule has 0 unspecified atom stereocenters. The Morgan fingerprint density at radius 1 is 1.22 bits per heavy atom. The minimum Gasteiger partial charge on any atom is -0.478 e. The average Bonchev–Trinajstić information content (AvgIpc) is 2.96. The van der Waals surface area contributed by atoms with Gasteiger partial charge in [-0.2, -0.15) is 5.10 Å². The number of unbranched alkanes of at least 4 members (excludes halogenated alkanes) is 1. The van der Waals surface area contributed by atoms with E-state index in [9.17, 15) is 4.79 Å². The Hall–Kier alpha value is -2.50. The van der Waals surface area contributed by atoms with Gasteiger partial charge < -0.3 is 14.4 Å². The van der Waals surface area contributed by atoms with Crippen molar-refractivity contribution in [1.82, 2.24) is 14.7 Å². The maximum atomic E-state index is 12.2. The fourth-order valence-corrected chi connectivity index (χ4v) is 2.48. The van der Waals surface area contributed by atoms with Gasteiger partial charge in [-0.05, 0) is 32.8 Å². The highest BCUT2D eigenvalue weighted by Crippen LogP contribution is 2.18. The van der Waals surface area contributed by atoms with Gasteiger partial charge in [0, 0.05) is 13.1 Å². The van der Waals surface area contributed by atoms with Gasteiger partial charge >= 0.3 is 6.09 Å². The van der Waals surface area contributed by atoms with E-state index in [4.69, 9.17) is 9.47 Å². The van der Waals surface area contributed by atoms with Crippen LogP contribution in [0.1, 0.15) is 51.8 Å². The second kappa shape index (κ2) is 9.44. The smallest absolute Gasteiger partial charge is 0.410 e. The SMILES string of the molecule is CCCCOc1cc(CN(C)C(=O)OC(C)(C)C)nn1Cc1ccccc1. The Kier molecular flexibility index (Phi) is 7.28. The first-order valence-corrected chi connectivity index (χ1v) is 9.46. The molecule has 1 amide bonds. The van der Waals surface area contributed by atoms with E-state index >= 15 is 0 Å². The minimum absolute atomic E-state index is 0.362. The largest absolute Gasteiger partial charge is 0.478 e. The van der Waals surface area contributed by atoms with E-state index in [1.165, 1.54) is 4.90 Å². The topological polar surface area (TPSA) is 56.6 Å². The molecule has 6 heteroatoms. The number of carbonyl (C=O) groups excluding carboxylic acids is 1. The molecule has 0 bridgehead atoms. The van der Waals surface area contributed by atoms with E-state index in [0.717, 1.165) is 30.0 Å². The van der Waals surface area contributed by atoms with Crippen LogP contribution < -0.4 is 4.74 Å². The predicted octanol–water partition coefficient (Wildman–Crippen LogP) is 4.48. The second-order valence-corrected chi connectivity index (χ2v) is 7.66. The number of amides is 1. The van der Waals surface area contributed by atoms with Gasteiger partial charge in [-0.3, -0.25) is 0 Å². The Morgan fingerprint density at radius 2 is 1.93 bits per heavy atom. The zero-order chi connectivity index (χ0) is 19.9. The zero-order valence-corrected chi connectivity index (χ0v) is 17.1. The van der Waals surface area contributed by atoms with Gasteiger partial charge in [0.15, 0.2) is 0 Å². The van der Waals surface area contributed by atoms with Crippen molar-refractivity contribution in [2.45, 2.75) is 59.2 Å². The van der Waals surface area contributed by atoms with Gasteiger partial charge in [-0.1, -0.05) is 43.7 Å². The van der Waals surface area contributed by atoms with Gasteiger partial charge in [0.25, 0.3) is 0 Å². The van der Waals surface area contributed by atoms with Crippen LogP contribution in [0, 0.1) is 0 Å². The van der Waals surface area contributed by atoms with E-state index in [1.807, 2.05) is 49.7 Å². The average molecular weight is 373 g/mol. The van der Waals surface area contributed by atoms with Crippen LogP contribution in [0.4, 0.5) is 4.79 Å². The Bertz CT molecular complexity index is 720.